The minimum absolute atomic E-state index is 0.226. The minimum Gasteiger partial charge on any atom is -0.294 e. The predicted molar refractivity (Wildman–Crippen MR) is 95.7 cm³/mol. The molecule has 1 unspecified atom stereocenters. The quantitative estimate of drug-likeness (QED) is 0.409. The maximum Gasteiger partial charge on any atom is 0.132 e. The number of halogens is 4. The molecule has 0 N–H and O–H groups in total. The second kappa shape index (κ2) is 5.92. The van der Waals surface area contributed by atoms with Gasteiger partial charge in [0.2, 0.25) is 0 Å². The number of imidazole rings is 1. The van der Waals surface area contributed by atoms with Crippen LogP contribution >= 0.6 is 55.1 Å². The fourth-order valence-electron chi connectivity index (χ4n) is 2.25. The molecule has 3 aromatic rings. The molecule has 2 aromatic carbocycles. The summed E-state index contributed by atoms with van der Waals surface area (Å²) in [6.07, 6.45) is 0. The van der Waals surface area contributed by atoms with Crippen LogP contribution in [0.25, 0.3) is 16.7 Å². The Hall–Kier alpha value is -0.550. The topological polar surface area (TPSA) is 17.8 Å². The molecule has 21 heavy (non-hydrogen) atoms. The molecule has 6 heteroatoms. The van der Waals surface area contributed by atoms with Crippen molar-refractivity contribution in [2.75, 3.05) is 0 Å². The van der Waals surface area contributed by atoms with Crippen LogP contribution in [0.5, 0.6) is 0 Å². The van der Waals surface area contributed by atoms with E-state index in [0.29, 0.717) is 5.02 Å². The average Bonchev–Trinajstić information content (AvgIpc) is 2.77. The number of alkyl halides is 1. The maximum atomic E-state index is 6.40. The maximum absolute atomic E-state index is 6.40. The molecule has 2 nitrogen and oxygen atoms in total. The summed E-state index contributed by atoms with van der Waals surface area (Å²) in [7, 11) is 0. The summed E-state index contributed by atoms with van der Waals surface area (Å²) in [5.74, 6) is 0.772. The first-order valence-electron chi connectivity index (χ1n) is 6.25. The van der Waals surface area contributed by atoms with E-state index in [2.05, 4.69) is 36.8 Å². The van der Waals surface area contributed by atoms with Gasteiger partial charge >= 0.3 is 0 Å². The van der Waals surface area contributed by atoms with E-state index in [-0.39, 0.29) is 5.38 Å². The largest absolute Gasteiger partial charge is 0.294 e. The van der Waals surface area contributed by atoms with Gasteiger partial charge < -0.3 is 0 Å². The van der Waals surface area contributed by atoms with Gasteiger partial charge in [0.05, 0.1) is 27.1 Å². The molecule has 1 atom stereocenters. The van der Waals surface area contributed by atoms with Gasteiger partial charge in [-0.05, 0) is 43.3 Å². The number of benzene rings is 2. The number of hydrogen-bond acceptors (Lipinski definition) is 1. The monoisotopic (exact) mass is 446 g/mol. The van der Waals surface area contributed by atoms with Gasteiger partial charge in [0, 0.05) is 8.95 Å². The number of fused-ring (bicyclic) bond motifs is 1. The van der Waals surface area contributed by atoms with Crippen molar-refractivity contribution >= 4 is 66.1 Å². The van der Waals surface area contributed by atoms with Gasteiger partial charge in [0.15, 0.2) is 0 Å². The molecule has 0 saturated heterocycles. The summed E-state index contributed by atoms with van der Waals surface area (Å²) in [5, 5.41) is 0.418. The fourth-order valence-corrected chi connectivity index (χ4v) is 3.51. The van der Waals surface area contributed by atoms with Crippen LogP contribution in [-0.2, 0) is 0 Å². The predicted octanol–water partition coefficient (Wildman–Crippen LogP) is 6.50. The fraction of sp³-hybridized carbons (Fsp3) is 0.133. The van der Waals surface area contributed by atoms with Crippen LogP contribution in [-0.4, -0.2) is 9.55 Å². The van der Waals surface area contributed by atoms with Gasteiger partial charge in [-0.25, -0.2) is 4.98 Å². The zero-order valence-electron chi connectivity index (χ0n) is 10.9. The first-order chi connectivity index (χ1) is 9.97. The number of nitrogens with zero attached hydrogens (tertiary/aromatic N) is 2. The van der Waals surface area contributed by atoms with E-state index in [1.807, 2.05) is 47.9 Å². The number of hydrogen-bond donors (Lipinski definition) is 0. The lowest BCUT2D eigenvalue weighted by molar-refractivity contribution is 0.882. The normalized spacial score (nSPS) is 12.8. The van der Waals surface area contributed by atoms with Crippen LogP contribution in [0.4, 0.5) is 0 Å². The molecule has 0 bridgehead atoms. The van der Waals surface area contributed by atoms with Gasteiger partial charge in [-0.2, -0.15) is 0 Å². The molecule has 0 aliphatic carbocycles. The first kappa shape index (κ1) is 15.3. The summed E-state index contributed by atoms with van der Waals surface area (Å²) < 4.78 is 3.92. The van der Waals surface area contributed by atoms with Crippen molar-refractivity contribution < 1.29 is 0 Å². The highest BCUT2D eigenvalue weighted by Gasteiger charge is 2.18. The molecule has 0 fully saturated rings. The highest BCUT2D eigenvalue weighted by atomic mass is 79.9. The minimum atomic E-state index is -0.226. The summed E-state index contributed by atoms with van der Waals surface area (Å²) in [4.78, 5) is 4.64. The van der Waals surface area contributed by atoms with Crippen LogP contribution in [0.3, 0.4) is 0 Å². The van der Waals surface area contributed by atoms with Crippen molar-refractivity contribution in [3.8, 4) is 5.69 Å². The van der Waals surface area contributed by atoms with E-state index < -0.39 is 0 Å². The summed E-state index contributed by atoms with van der Waals surface area (Å²) in [6.45, 7) is 1.90. The third-order valence-electron chi connectivity index (χ3n) is 3.15. The third kappa shape index (κ3) is 2.87. The lowest BCUT2D eigenvalue weighted by Crippen LogP contribution is -2.02. The summed E-state index contributed by atoms with van der Waals surface area (Å²) in [5.41, 5.74) is 2.72. The lowest BCUT2D eigenvalue weighted by Gasteiger charge is -2.12. The number of aromatic nitrogens is 2. The van der Waals surface area contributed by atoms with Crippen molar-refractivity contribution in [2.45, 2.75) is 12.3 Å². The van der Waals surface area contributed by atoms with Gasteiger partial charge in [0.25, 0.3) is 0 Å². The third-order valence-corrected chi connectivity index (χ3v) is 4.63. The molecule has 0 saturated carbocycles. The van der Waals surface area contributed by atoms with Crippen LogP contribution < -0.4 is 0 Å². The molecule has 3 rings (SSSR count). The van der Waals surface area contributed by atoms with Crippen molar-refractivity contribution in [1.29, 1.82) is 0 Å². The van der Waals surface area contributed by atoms with Crippen LogP contribution in [0, 0.1) is 0 Å². The van der Waals surface area contributed by atoms with E-state index in [1.54, 1.807) is 0 Å². The molecule has 0 aliphatic heterocycles. The zero-order valence-corrected chi connectivity index (χ0v) is 15.6. The van der Waals surface area contributed by atoms with Crippen molar-refractivity contribution in [3.05, 3.63) is 56.2 Å². The molecular weight excluding hydrogens is 439 g/mol. The van der Waals surface area contributed by atoms with Crippen molar-refractivity contribution in [2.24, 2.45) is 0 Å². The van der Waals surface area contributed by atoms with E-state index in [0.717, 1.165) is 31.5 Å². The van der Waals surface area contributed by atoms with Crippen LogP contribution in [0.2, 0.25) is 5.02 Å². The standard InChI is InChI=1S/C15H10Br2Cl2N2/c1-8(18)15-20-12-7-10(17)3-5-14(12)21(15)13-4-2-9(16)6-11(13)19/h2-8H,1H3. The highest BCUT2D eigenvalue weighted by Crippen LogP contribution is 2.33. The average molecular weight is 449 g/mol. The second-order valence-corrected chi connectivity index (χ2v) is 7.54. The Bertz CT molecular complexity index is 828. The lowest BCUT2D eigenvalue weighted by atomic mass is 10.2. The Labute approximate surface area is 149 Å². The summed E-state index contributed by atoms with van der Waals surface area (Å²) in [6, 6.07) is 11.7. The van der Waals surface area contributed by atoms with Gasteiger partial charge in [0.1, 0.15) is 5.82 Å². The first-order valence-corrected chi connectivity index (χ1v) is 8.65. The summed E-state index contributed by atoms with van der Waals surface area (Å²) >= 11 is 19.6. The SMILES string of the molecule is CC(Cl)c1nc2cc(Br)ccc2n1-c1ccc(Br)cc1Cl. The Kier molecular flexibility index (Phi) is 4.33. The highest BCUT2D eigenvalue weighted by molar-refractivity contribution is 9.10. The molecule has 0 aliphatic rings. The number of rotatable bonds is 2. The van der Waals surface area contributed by atoms with E-state index in [4.69, 9.17) is 23.2 Å². The molecular formula is C15H10Br2Cl2N2. The van der Waals surface area contributed by atoms with Gasteiger partial charge in [-0.15, -0.1) is 11.6 Å². The molecule has 1 aromatic heterocycles. The molecule has 0 amide bonds. The Morgan fingerprint density at radius 1 is 1.10 bits per heavy atom. The van der Waals surface area contributed by atoms with Crippen molar-refractivity contribution in [1.82, 2.24) is 9.55 Å². The molecule has 108 valence electrons. The van der Waals surface area contributed by atoms with Crippen molar-refractivity contribution in [3.63, 3.8) is 0 Å². The molecule has 1 heterocycles. The van der Waals surface area contributed by atoms with E-state index in [9.17, 15) is 0 Å². The van der Waals surface area contributed by atoms with Crippen LogP contribution in [0.15, 0.2) is 45.3 Å². The Morgan fingerprint density at radius 3 is 2.43 bits per heavy atom. The van der Waals surface area contributed by atoms with Gasteiger partial charge in [-0.3, -0.25) is 4.57 Å². The molecule has 0 spiro atoms. The smallest absolute Gasteiger partial charge is 0.132 e. The van der Waals surface area contributed by atoms with Crippen LogP contribution in [0.1, 0.15) is 18.1 Å². The van der Waals surface area contributed by atoms with E-state index in [1.165, 1.54) is 0 Å². The zero-order chi connectivity index (χ0) is 15.1. The second-order valence-electron chi connectivity index (χ2n) is 4.65. The molecule has 0 radical (unpaired) electrons. The Morgan fingerprint density at radius 2 is 1.76 bits per heavy atom. The van der Waals surface area contributed by atoms with Gasteiger partial charge in [-0.1, -0.05) is 43.5 Å². The van der Waals surface area contributed by atoms with E-state index >= 15 is 0 Å². The Balaban J connectivity index is 2.36.